The molecule has 0 bridgehead atoms. The molecule has 0 radical (unpaired) electrons. The summed E-state index contributed by atoms with van der Waals surface area (Å²) in [5.74, 6) is 0.148. The number of aryl methyl sites for hydroxylation is 1. The summed E-state index contributed by atoms with van der Waals surface area (Å²) in [5.41, 5.74) is 2.40. The number of benzene rings is 2. The Labute approximate surface area is 194 Å². The number of nitrogens with one attached hydrogen (secondary N) is 1. The van der Waals surface area contributed by atoms with Crippen LogP contribution >= 0.6 is 39.9 Å². The molecule has 0 atom stereocenters. The quantitative estimate of drug-likeness (QED) is 0.422. The number of thioether (sulfide) groups is 1. The number of carbonyl (C=O) groups is 2. The van der Waals surface area contributed by atoms with E-state index in [2.05, 4.69) is 21.2 Å². The highest BCUT2D eigenvalue weighted by Crippen LogP contribution is 2.35. The molecule has 1 aliphatic heterocycles. The number of rotatable bonds is 6. The summed E-state index contributed by atoms with van der Waals surface area (Å²) in [4.78, 5) is 27.1. The fraction of sp³-hybridized carbons (Fsp3) is 0.227. The number of hydrogen-bond donors (Lipinski definition) is 1. The van der Waals surface area contributed by atoms with Gasteiger partial charge < -0.3 is 10.1 Å². The van der Waals surface area contributed by atoms with Crippen LogP contribution < -0.4 is 10.1 Å². The van der Waals surface area contributed by atoms with Crippen LogP contribution in [0.3, 0.4) is 0 Å². The van der Waals surface area contributed by atoms with Crippen LogP contribution in [0.4, 0.5) is 5.69 Å². The highest BCUT2D eigenvalue weighted by molar-refractivity contribution is 9.10. The molecule has 0 spiro atoms. The minimum Gasteiger partial charge on any atom is -0.483 e. The third-order valence-corrected chi connectivity index (χ3v) is 6.19. The van der Waals surface area contributed by atoms with Crippen LogP contribution in [-0.4, -0.2) is 33.7 Å². The number of nitrogens with zero attached hydrogens (tertiary/aromatic N) is 1. The van der Waals surface area contributed by atoms with E-state index in [9.17, 15) is 9.59 Å². The average Bonchev–Trinajstić information content (AvgIpc) is 2.96. The lowest BCUT2D eigenvalue weighted by atomic mass is 10.2. The Kier molecular flexibility index (Phi) is 7.33. The second-order valence-corrected chi connectivity index (χ2v) is 9.57. The van der Waals surface area contributed by atoms with E-state index in [1.807, 2.05) is 57.2 Å². The van der Waals surface area contributed by atoms with Gasteiger partial charge in [-0.2, -0.15) is 0 Å². The average molecular weight is 505 g/mol. The van der Waals surface area contributed by atoms with E-state index in [1.54, 1.807) is 17.0 Å². The predicted molar refractivity (Wildman–Crippen MR) is 130 cm³/mol. The highest BCUT2D eigenvalue weighted by Gasteiger charge is 2.33. The zero-order chi connectivity index (χ0) is 21.8. The zero-order valence-corrected chi connectivity index (χ0v) is 20.0. The number of amides is 2. The van der Waals surface area contributed by atoms with E-state index in [-0.39, 0.29) is 24.5 Å². The normalized spacial score (nSPS) is 15.2. The monoisotopic (exact) mass is 504 g/mol. The van der Waals surface area contributed by atoms with Gasteiger partial charge in [-0.25, -0.2) is 0 Å². The van der Waals surface area contributed by atoms with Crippen molar-refractivity contribution in [3.05, 3.63) is 63.0 Å². The lowest BCUT2D eigenvalue weighted by Crippen LogP contribution is -2.34. The largest absolute Gasteiger partial charge is 0.483 e. The van der Waals surface area contributed by atoms with Crippen LogP contribution in [0.1, 0.15) is 25.0 Å². The molecule has 1 aliphatic rings. The molecule has 1 N–H and O–H groups in total. The number of anilines is 1. The van der Waals surface area contributed by atoms with E-state index in [4.69, 9.17) is 17.0 Å². The summed E-state index contributed by atoms with van der Waals surface area (Å²) in [7, 11) is 0. The molecule has 0 unspecified atom stereocenters. The fourth-order valence-corrected chi connectivity index (χ4v) is 4.88. The SMILES string of the molecule is Cc1cc(Br)ccc1NC(=O)COc1ccccc1/C=C1\SC(=S)N(C(C)C)C1=O. The molecule has 1 heterocycles. The van der Waals surface area contributed by atoms with Crippen LogP contribution in [0.2, 0.25) is 0 Å². The Hall–Kier alpha value is -2.16. The first-order valence-corrected chi connectivity index (χ1v) is 11.3. The van der Waals surface area contributed by atoms with E-state index in [0.29, 0.717) is 15.0 Å². The number of para-hydroxylation sites is 1. The summed E-state index contributed by atoms with van der Waals surface area (Å²) in [6.07, 6.45) is 1.76. The van der Waals surface area contributed by atoms with E-state index >= 15 is 0 Å². The van der Waals surface area contributed by atoms with E-state index < -0.39 is 0 Å². The lowest BCUT2D eigenvalue weighted by Gasteiger charge is -2.18. The van der Waals surface area contributed by atoms with Crippen molar-refractivity contribution in [2.24, 2.45) is 0 Å². The van der Waals surface area contributed by atoms with Crippen molar-refractivity contribution < 1.29 is 14.3 Å². The minimum atomic E-state index is -0.263. The van der Waals surface area contributed by atoms with Crippen molar-refractivity contribution in [2.75, 3.05) is 11.9 Å². The Morgan fingerprint density at radius 3 is 2.70 bits per heavy atom. The summed E-state index contributed by atoms with van der Waals surface area (Å²) >= 11 is 10.0. The summed E-state index contributed by atoms with van der Waals surface area (Å²) in [6.45, 7) is 5.63. The van der Waals surface area contributed by atoms with E-state index in [1.165, 1.54) is 11.8 Å². The van der Waals surface area contributed by atoms with Crippen molar-refractivity contribution in [3.8, 4) is 5.75 Å². The van der Waals surface area contributed by atoms with Crippen molar-refractivity contribution in [2.45, 2.75) is 26.8 Å². The minimum absolute atomic E-state index is 0.000608. The number of halogens is 1. The first kappa shape index (κ1) is 22.5. The topological polar surface area (TPSA) is 58.6 Å². The number of thiocarbonyl (C=S) groups is 1. The molecule has 2 aromatic rings. The van der Waals surface area contributed by atoms with Crippen molar-refractivity contribution in [1.82, 2.24) is 4.90 Å². The van der Waals surface area contributed by atoms with Crippen LogP contribution in [0, 0.1) is 6.92 Å². The van der Waals surface area contributed by atoms with Gasteiger partial charge in [0.15, 0.2) is 6.61 Å². The van der Waals surface area contributed by atoms with Gasteiger partial charge >= 0.3 is 0 Å². The van der Waals surface area contributed by atoms with Gasteiger partial charge in [0.1, 0.15) is 10.1 Å². The van der Waals surface area contributed by atoms with Gasteiger partial charge in [0.05, 0.1) is 4.91 Å². The van der Waals surface area contributed by atoms with Crippen molar-refractivity contribution in [1.29, 1.82) is 0 Å². The van der Waals surface area contributed by atoms with Crippen LogP contribution in [0.5, 0.6) is 5.75 Å². The van der Waals surface area contributed by atoms with Gasteiger partial charge in [-0.05, 0) is 56.7 Å². The fourth-order valence-electron chi connectivity index (χ4n) is 2.89. The van der Waals surface area contributed by atoms with Crippen molar-refractivity contribution >= 4 is 67.8 Å². The highest BCUT2D eigenvalue weighted by atomic mass is 79.9. The number of carbonyl (C=O) groups excluding carboxylic acids is 2. The first-order valence-electron chi connectivity index (χ1n) is 9.31. The van der Waals surface area contributed by atoms with Crippen LogP contribution in [0.25, 0.3) is 6.08 Å². The Morgan fingerprint density at radius 2 is 2.03 bits per heavy atom. The molecule has 0 saturated carbocycles. The Morgan fingerprint density at radius 1 is 1.30 bits per heavy atom. The molecule has 1 saturated heterocycles. The molecule has 2 aromatic carbocycles. The summed E-state index contributed by atoms with van der Waals surface area (Å²) in [6, 6.07) is 12.9. The molecule has 5 nitrogen and oxygen atoms in total. The molecular weight excluding hydrogens is 484 g/mol. The predicted octanol–water partition coefficient (Wildman–Crippen LogP) is 5.38. The Bertz CT molecular complexity index is 1040. The van der Waals surface area contributed by atoms with Gasteiger partial charge in [0.25, 0.3) is 11.8 Å². The van der Waals surface area contributed by atoms with Gasteiger partial charge in [0, 0.05) is 21.8 Å². The van der Waals surface area contributed by atoms with Gasteiger partial charge in [-0.3, -0.25) is 14.5 Å². The molecule has 8 heteroatoms. The molecule has 1 fully saturated rings. The zero-order valence-electron chi connectivity index (χ0n) is 16.8. The van der Waals surface area contributed by atoms with Gasteiger partial charge in [-0.1, -0.05) is 58.1 Å². The maximum absolute atomic E-state index is 12.6. The molecule has 0 aliphatic carbocycles. The maximum atomic E-state index is 12.6. The maximum Gasteiger partial charge on any atom is 0.266 e. The van der Waals surface area contributed by atoms with E-state index in [0.717, 1.165) is 21.3 Å². The van der Waals surface area contributed by atoms with Gasteiger partial charge in [0.2, 0.25) is 0 Å². The molecule has 156 valence electrons. The van der Waals surface area contributed by atoms with Crippen LogP contribution in [-0.2, 0) is 9.59 Å². The Balaban J connectivity index is 1.71. The smallest absolute Gasteiger partial charge is 0.266 e. The second-order valence-electron chi connectivity index (χ2n) is 6.98. The summed E-state index contributed by atoms with van der Waals surface area (Å²) in [5, 5.41) is 2.85. The molecule has 3 rings (SSSR count). The molecule has 0 aromatic heterocycles. The molecule has 30 heavy (non-hydrogen) atoms. The number of hydrogen-bond acceptors (Lipinski definition) is 5. The third-order valence-electron chi connectivity index (χ3n) is 4.37. The van der Waals surface area contributed by atoms with Gasteiger partial charge in [-0.15, -0.1) is 0 Å². The van der Waals surface area contributed by atoms with Crippen molar-refractivity contribution in [3.63, 3.8) is 0 Å². The molecular formula is C22H21BrN2O3S2. The standard InChI is InChI=1S/C22H21BrN2O3S2/c1-13(2)25-21(27)19(30-22(25)29)11-15-6-4-5-7-18(15)28-12-20(26)24-17-9-8-16(23)10-14(17)3/h4-11,13H,12H2,1-3H3,(H,24,26)/b19-11-. The lowest BCUT2D eigenvalue weighted by molar-refractivity contribution is -0.123. The summed E-state index contributed by atoms with van der Waals surface area (Å²) < 4.78 is 7.24. The third kappa shape index (κ3) is 5.30. The first-order chi connectivity index (χ1) is 14.3. The number of ether oxygens (including phenoxy) is 1. The van der Waals surface area contributed by atoms with Crippen LogP contribution in [0.15, 0.2) is 51.8 Å². The second kappa shape index (κ2) is 9.76. The molecule has 2 amide bonds.